The van der Waals surface area contributed by atoms with Crippen LogP contribution < -0.4 is 0 Å². The van der Waals surface area contributed by atoms with E-state index < -0.39 is 61.4 Å². The van der Waals surface area contributed by atoms with Crippen molar-refractivity contribution in [2.24, 2.45) is 0 Å². The first-order valence-electron chi connectivity index (χ1n) is 19.6. The van der Waals surface area contributed by atoms with Gasteiger partial charge < -0.3 is 48.1 Å². The van der Waals surface area contributed by atoms with Gasteiger partial charge in [-0.1, -0.05) is 152 Å². The quantitative estimate of drug-likeness (QED) is 0.0991. The van der Waals surface area contributed by atoms with Crippen LogP contribution in [0.5, 0.6) is 0 Å². The molecule has 2 saturated heterocycles. The first kappa shape index (κ1) is 40.9. The summed E-state index contributed by atoms with van der Waals surface area (Å²) in [6, 6.07) is 48.8. The fraction of sp³-hybridized carbons (Fsp3) is 0.362. The molecule has 5 aromatic rings. The Hall–Kier alpha value is -4.30. The Bertz CT molecular complexity index is 1850. The van der Waals surface area contributed by atoms with Crippen LogP contribution in [0.25, 0.3) is 0 Å². The van der Waals surface area contributed by atoms with Gasteiger partial charge in [-0.25, -0.2) is 0 Å². The van der Waals surface area contributed by atoms with Crippen LogP contribution in [-0.4, -0.2) is 78.2 Å². The Morgan fingerprint density at radius 1 is 0.439 bits per heavy atom. The maximum Gasteiger partial charge on any atom is 0.187 e. The predicted molar refractivity (Wildman–Crippen MR) is 212 cm³/mol. The highest BCUT2D eigenvalue weighted by atomic mass is 16.7. The SMILES string of the molecule is C[C@H]1O[C@@H](O[C@H]2[C@H](OCc3ccccc3)[C@@H](OCc3ccccc3)[C@H](O)O[C@@H]2COCc2ccccc2)[C@@H](O)[C@@H](OCc2ccccc2)[C@@H]1OCc1ccccc1. The average molecular weight is 777 g/mol. The van der Waals surface area contributed by atoms with Gasteiger partial charge in [-0.3, -0.25) is 0 Å². The van der Waals surface area contributed by atoms with Gasteiger partial charge in [0.05, 0.1) is 45.7 Å². The van der Waals surface area contributed by atoms with Gasteiger partial charge in [0, 0.05) is 0 Å². The third kappa shape index (κ3) is 11.4. The molecule has 0 unspecified atom stereocenters. The van der Waals surface area contributed by atoms with Gasteiger partial charge in [0.25, 0.3) is 0 Å². The molecule has 5 aromatic carbocycles. The average Bonchev–Trinajstić information content (AvgIpc) is 3.25. The largest absolute Gasteiger partial charge is 0.385 e. The molecule has 57 heavy (non-hydrogen) atoms. The first-order valence-corrected chi connectivity index (χ1v) is 19.6. The molecular weight excluding hydrogens is 725 g/mol. The zero-order valence-corrected chi connectivity index (χ0v) is 32.1. The number of benzene rings is 5. The Balaban J connectivity index is 1.16. The van der Waals surface area contributed by atoms with Gasteiger partial charge in [0.15, 0.2) is 12.6 Å². The van der Waals surface area contributed by atoms with E-state index in [9.17, 15) is 10.2 Å². The monoisotopic (exact) mass is 776 g/mol. The molecule has 2 fully saturated rings. The fourth-order valence-electron chi connectivity index (χ4n) is 7.17. The van der Waals surface area contributed by atoms with Gasteiger partial charge in [0.2, 0.25) is 0 Å². The highest BCUT2D eigenvalue weighted by Gasteiger charge is 2.52. The lowest BCUT2D eigenvalue weighted by Crippen LogP contribution is -2.65. The zero-order chi connectivity index (χ0) is 39.2. The maximum atomic E-state index is 12.1. The van der Waals surface area contributed by atoms with E-state index in [1.807, 2.05) is 159 Å². The van der Waals surface area contributed by atoms with E-state index in [1.165, 1.54) is 0 Å². The van der Waals surface area contributed by atoms with E-state index in [0.29, 0.717) is 13.2 Å². The van der Waals surface area contributed by atoms with Crippen molar-refractivity contribution in [3.8, 4) is 0 Å². The lowest BCUT2D eigenvalue weighted by molar-refractivity contribution is -0.366. The molecule has 0 radical (unpaired) electrons. The molecular formula is C47H52O10. The molecule has 0 aromatic heterocycles. The normalized spacial score (nSPS) is 27.6. The summed E-state index contributed by atoms with van der Waals surface area (Å²) in [5.41, 5.74) is 4.74. The number of hydrogen-bond donors (Lipinski definition) is 2. The highest BCUT2D eigenvalue weighted by molar-refractivity contribution is 5.17. The lowest BCUT2D eigenvalue weighted by atomic mass is 9.96. The zero-order valence-electron chi connectivity index (χ0n) is 32.1. The molecule has 10 atom stereocenters. The molecule has 0 bridgehead atoms. The summed E-state index contributed by atoms with van der Waals surface area (Å²) in [6.07, 6.45) is -9.53. The van der Waals surface area contributed by atoms with Gasteiger partial charge in [-0.05, 0) is 34.7 Å². The summed E-state index contributed by atoms with van der Waals surface area (Å²) in [7, 11) is 0. The van der Waals surface area contributed by atoms with Crippen LogP contribution in [0.15, 0.2) is 152 Å². The first-order chi connectivity index (χ1) is 28.0. The lowest BCUT2D eigenvalue weighted by Gasteiger charge is -2.48. The summed E-state index contributed by atoms with van der Waals surface area (Å²) in [5, 5.41) is 23.7. The Labute approximate surface area is 334 Å². The topological polar surface area (TPSA) is 114 Å². The summed E-state index contributed by atoms with van der Waals surface area (Å²) >= 11 is 0. The van der Waals surface area contributed by atoms with Gasteiger partial charge in [0.1, 0.15) is 42.7 Å². The van der Waals surface area contributed by atoms with Crippen molar-refractivity contribution >= 4 is 0 Å². The molecule has 2 N–H and O–H groups in total. The third-order valence-electron chi connectivity index (χ3n) is 10.2. The Morgan fingerprint density at radius 2 is 0.825 bits per heavy atom. The van der Waals surface area contributed by atoms with Gasteiger partial charge in [-0.2, -0.15) is 0 Å². The summed E-state index contributed by atoms with van der Waals surface area (Å²) in [4.78, 5) is 0. The van der Waals surface area contributed by atoms with Crippen molar-refractivity contribution in [1.29, 1.82) is 0 Å². The standard InChI is InChI=1S/C47H52O10/c1-33-41(51-28-35-19-9-3-10-20-35)43(52-29-36-21-11-4-12-22-36)40(48)47(55-33)57-42-39(32-50-27-34-17-7-2-8-18-34)56-46(49)45(54-31-38-25-15-6-16-26-38)44(42)53-30-37-23-13-5-14-24-37/h2-26,33,39-49H,27-32H2,1H3/t33-,39-,40+,41-,42-,43-,44+,45-,46-,47+/m1/s1. The Kier molecular flexibility index (Phi) is 15.0. The molecule has 0 amide bonds. The van der Waals surface area contributed by atoms with Crippen LogP contribution in [0.3, 0.4) is 0 Å². The molecule has 2 aliphatic rings. The molecule has 10 nitrogen and oxygen atoms in total. The second-order valence-corrected chi connectivity index (χ2v) is 14.4. The van der Waals surface area contributed by atoms with Crippen LogP contribution in [-0.2, 0) is 70.9 Å². The van der Waals surface area contributed by atoms with Crippen molar-refractivity contribution in [3.05, 3.63) is 179 Å². The summed E-state index contributed by atoms with van der Waals surface area (Å²) in [6.45, 7) is 3.16. The maximum absolute atomic E-state index is 12.1. The molecule has 300 valence electrons. The third-order valence-corrected chi connectivity index (χ3v) is 10.2. The van der Waals surface area contributed by atoms with E-state index in [4.69, 9.17) is 37.9 Å². The molecule has 0 saturated carbocycles. The molecule has 0 spiro atoms. The van der Waals surface area contributed by atoms with E-state index in [0.717, 1.165) is 27.8 Å². The van der Waals surface area contributed by atoms with E-state index in [2.05, 4.69) is 0 Å². The highest BCUT2D eigenvalue weighted by Crippen LogP contribution is 2.34. The number of aliphatic hydroxyl groups is 2. The molecule has 10 heteroatoms. The van der Waals surface area contributed by atoms with Gasteiger partial charge >= 0.3 is 0 Å². The van der Waals surface area contributed by atoms with Crippen molar-refractivity contribution in [3.63, 3.8) is 0 Å². The molecule has 2 heterocycles. The van der Waals surface area contributed by atoms with Crippen molar-refractivity contribution in [2.45, 2.75) is 101 Å². The Morgan fingerprint density at radius 3 is 1.28 bits per heavy atom. The minimum atomic E-state index is -1.38. The fourth-order valence-corrected chi connectivity index (χ4v) is 7.17. The second-order valence-electron chi connectivity index (χ2n) is 14.4. The van der Waals surface area contributed by atoms with E-state index >= 15 is 0 Å². The summed E-state index contributed by atoms with van der Waals surface area (Å²) in [5.74, 6) is 0. The van der Waals surface area contributed by atoms with Crippen LogP contribution in [0, 0.1) is 0 Å². The predicted octanol–water partition coefficient (Wildman–Crippen LogP) is 6.75. The minimum absolute atomic E-state index is 0.0440. The molecule has 7 rings (SSSR count). The molecule has 0 aliphatic carbocycles. The van der Waals surface area contributed by atoms with E-state index in [1.54, 1.807) is 0 Å². The van der Waals surface area contributed by atoms with Crippen molar-refractivity contribution in [1.82, 2.24) is 0 Å². The van der Waals surface area contributed by atoms with Crippen molar-refractivity contribution in [2.75, 3.05) is 6.61 Å². The number of hydrogen-bond acceptors (Lipinski definition) is 10. The number of rotatable bonds is 18. The van der Waals surface area contributed by atoms with Crippen LogP contribution in [0.4, 0.5) is 0 Å². The summed E-state index contributed by atoms with van der Waals surface area (Å²) < 4.78 is 51.7. The van der Waals surface area contributed by atoms with Crippen molar-refractivity contribution < 1.29 is 48.1 Å². The van der Waals surface area contributed by atoms with Crippen LogP contribution in [0.2, 0.25) is 0 Å². The number of aliphatic hydroxyl groups excluding tert-OH is 2. The van der Waals surface area contributed by atoms with E-state index in [-0.39, 0.29) is 26.4 Å². The second kappa shape index (κ2) is 20.9. The minimum Gasteiger partial charge on any atom is -0.385 e. The smallest absolute Gasteiger partial charge is 0.187 e. The van der Waals surface area contributed by atoms with Crippen LogP contribution in [0.1, 0.15) is 34.7 Å². The molecule has 2 aliphatic heterocycles. The van der Waals surface area contributed by atoms with Crippen LogP contribution >= 0.6 is 0 Å². The van der Waals surface area contributed by atoms with Gasteiger partial charge in [-0.15, -0.1) is 0 Å². The number of ether oxygens (including phenoxy) is 8.